The first-order valence-electron chi connectivity index (χ1n) is 5.40. The van der Waals surface area contributed by atoms with E-state index in [1.165, 1.54) is 11.3 Å². The van der Waals surface area contributed by atoms with Crippen LogP contribution in [0.1, 0.15) is 15.2 Å². The summed E-state index contributed by atoms with van der Waals surface area (Å²) in [5.74, 6) is 0.534. The van der Waals surface area contributed by atoms with Crippen molar-refractivity contribution in [3.05, 3.63) is 40.1 Å². The van der Waals surface area contributed by atoms with Crippen LogP contribution in [0.3, 0.4) is 0 Å². The molecule has 1 aromatic carbocycles. The summed E-state index contributed by atoms with van der Waals surface area (Å²) in [5, 5.41) is 4.63. The minimum atomic E-state index is -0.156. The fourth-order valence-electron chi connectivity index (χ4n) is 1.50. The molecule has 1 aromatic heterocycles. The molecule has 1 heterocycles. The average molecular weight is 262 g/mol. The molecule has 0 aliphatic heterocycles. The Labute approximate surface area is 109 Å². The van der Waals surface area contributed by atoms with Gasteiger partial charge in [0.15, 0.2) is 0 Å². The number of carbonyl (C=O) groups excluding carboxylic acids is 1. The lowest BCUT2D eigenvalue weighted by Crippen LogP contribution is -2.11. The lowest BCUT2D eigenvalue weighted by molar-refractivity contribution is 0.103. The van der Waals surface area contributed by atoms with Crippen LogP contribution in [0, 0.1) is 6.92 Å². The molecule has 5 heteroatoms. The van der Waals surface area contributed by atoms with Crippen LogP contribution in [-0.2, 0) is 0 Å². The minimum Gasteiger partial charge on any atom is -0.496 e. The van der Waals surface area contributed by atoms with E-state index in [1.54, 1.807) is 30.7 Å². The second kappa shape index (κ2) is 5.10. The molecule has 2 rings (SSSR count). The average Bonchev–Trinajstić information content (AvgIpc) is 2.82. The number of nitrogens with two attached hydrogens (primary N) is 1. The van der Waals surface area contributed by atoms with Crippen molar-refractivity contribution in [1.29, 1.82) is 0 Å². The number of benzene rings is 1. The maximum Gasteiger partial charge on any atom is 0.265 e. The Bertz CT molecular complexity index is 578. The summed E-state index contributed by atoms with van der Waals surface area (Å²) in [5.41, 5.74) is 8.03. The highest BCUT2D eigenvalue weighted by Crippen LogP contribution is 2.24. The number of methoxy groups -OCH3 is 1. The molecule has 0 radical (unpaired) electrons. The van der Waals surface area contributed by atoms with Crippen molar-refractivity contribution in [2.24, 2.45) is 0 Å². The van der Waals surface area contributed by atoms with Gasteiger partial charge in [-0.1, -0.05) is 6.07 Å². The van der Waals surface area contributed by atoms with Crippen molar-refractivity contribution < 1.29 is 9.53 Å². The van der Waals surface area contributed by atoms with Gasteiger partial charge in [0, 0.05) is 22.8 Å². The summed E-state index contributed by atoms with van der Waals surface area (Å²) in [4.78, 5) is 12.6. The SMILES string of the molecule is COc1csc(C(=O)Nc2cc(N)ccc2C)c1. The molecule has 3 N–H and O–H groups in total. The molecular weight excluding hydrogens is 248 g/mol. The normalized spacial score (nSPS) is 10.1. The topological polar surface area (TPSA) is 64.3 Å². The number of anilines is 2. The van der Waals surface area contributed by atoms with Crippen LogP contribution >= 0.6 is 11.3 Å². The van der Waals surface area contributed by atoms with Gasteiger partial charge in [-0.15, -0.1) is 11.3 Å². The zero-order valence-electron chi connectivity index (χ0n) is 10.2. The first-order valence-corrected chi connectivity index (χ1v) is 6.28. The van der Waals surface area contributed by atoms with Crippen LogP contribution < -0.4 is 15.8 Å². The first kappa shape index (κ1) is 12.4. The van der Waals surface area contributed by atoms with E-state index in [-0.39, 0.29) is 5.91 Å². The summed E-state index contributed by atoms with van der Waals surface area (Å²) >= 11 is 1.34. The van der Waals surface area contributed by atoms with Crippen LogP contribution in [-0.4, -0.2) is 13.0 Å². The number of amides is 1. The van der Waals surface area contributed by atoms with E-state index in [0.29, 0.717) is 16.3 Å². The fourth-order valence-corrected chi connectivity index (χ4v) is 2.25. The van der Waals surface area contributed by atoms with Crippen molar-refractivity contribution in [1.82, 2.24) is 0 Å². The third kappa shape index (κ3) is 2.62. The maximum atomic E-state index is 12.0. The molecule has 1 amide bonds. The highest BCUT2D eigenvalue weighted by Gasteiger charge is 2.11. The molecule has 18 heavy (non-hydrogen) atoms. The molecule has 0 unspecified atom stereocenters. The van der Waals surface area contributed by atoms with Gasteiger partial charge in [0.2, 0.25) is 0 Å². The zero-order valence-corrected chi connectivity index (χ0v) is 11.0. The molecule has 2 aromatic rings. The van der Waals surface area contributed by atoms with Gasteiger partial charge in [-0.05, 0) is 24.6 Å². The second-order valence-electron chi connectivity index (χ2n) is 3.88. The van der Waals surface area contributed by atoms with Crippen LogP contribution in [0.5, 0.6) is 5.75 Å². The quantitative estimate of drug-likeness (QED) is 0.836. The first-order chi connectivity index (χ1) is 8.60. The summed E-state index contributed by atoms with van der Waals surface area (Å²) in [6.07, 6.45) is 0. The van der Waals surface area contributed by atoms with Crippen molar-refractivity contribution in [2.45, 2.75) is 6.92 Å². The van der Waals surface area contributed by atoms with Crippen molar-refractivity contribution >= 4 is 28.6 Å². The number of hydrogen-bond acceptors (Lipinski definition) is 4. The zero-order chi connectivity index (χ0) is 13.1. The predicted octanol–water partition coefficient (Wildman–Crippen LogP) is 2.90. The van der Waals surface area contributed by atoms with Gasteiger partial charge >= 0.3 is 0 Å². The third-order valence-corrected chi connectivity index (χ3v) is 3.45. The monoisotopic (exact) mass is 262 g/mol. The minimum absolute atomic E-state index is 0.156. The molecule has 0 saturated heterocycles. The van der Waals surface area contributed by atoms with Gasteiger partial charge in [0.1, 0.15) is 5.75 Å². The number of nitrogens with one attached hydrogen (secondary N) is 1. The summed E-state index contributed by atoms with van der Waals surface area (Å²) in [7, 11) is 1.58. The van der Waals surface area contributed by atoms with Crippen LogP contribution in [0.25, 0.3) is 0 Å². The molecule has 0 aliphatic rings. The Morgan fingerprint density at radius 2 is 2.17 bits per heavy atom. The van der Waals surface area contributed by atoms with Crippen molar-refractivity contribution in [3.8, 4) is 5.75 Å². The van der Waals surface area contributed by atoms with Gasteiger partial charge < -0.3 is 15.8 Å². The van der Waals surface area contributed by atoms with E-state index in [2.05, 4.69) is 5.32 Å². The molecule has 0 saturated carbocycles. The summed E-state index contributed by atoms with van der Waals surface area (Å²) in [6, 6.07) is 7.14. The van der Waals surface area contributed by atoms with Gasteiger partial charge in [-0.3, -0.25) is 4.79 Å². The number of rotatable bonds is 3. The second-order valence-corrected chi connectivity index (χ2v) is 4.79. The highest BCUT2D eigenvalue weighted by atomic mass is 32.1. The Morgan fingerprint density at radius 3 is 2.83 bits per heavy atom. The summed E-state index contributed by atoms with van der Waals surface area (Å²) < 4.78 is 5.05. The number of hydrogen-bond donors (Lipinski definition) is 2. The Balaban J connectivity index is 2.18. The van der Waals surface area contributed by atoms with E-state index in [9.17, 15) is 4.79 Å². The molecule has 0 fully saturated rings. The fraction of sp³-hybridized carbons (Fsp3) is 0.154. The van der Waals surface area contributed by atoms with Crippen LogP contribution in [0.4, 0.5) is 11.4 Å². The predicted molar refractivity (Wildman–Crippen MR) is 74.4 cm³/mol. The largest absolute Gasteiger partial charge is 0.496 e. The standard InChI is InChI=1S/C13H14N2O2S/c1-8-3-4-9(14)5-11(8)15-13(16)12-6-10(17-2)7-18-12/h3-7H,14H2,1-2H3,(H,15,16). The molecule has 94 valence electrons. The molecule has 0 bridgehead atoms. The number of nitrogen functional groups attached to an aromatic ring is 1. The lowest BCUT2D eigenvalue weighted by Gasteiger charge is -2.08. The smallest absolute Gasteiger partial charge is 0.265 e. The number of thiophene rings is 1. The van der Waals surface area contributed by atoms with E-state index < -0.39 is 0 Å². The Hall–Kier alpha value is -2.01. The number of carbonyl (C=O) groups is 1. The lowest BCUT2D eigenvalue weighted by atomic mass is 10.2. The van der Waals surface area contributed by atoms with Crippen LogP contribution in [0.15, 0.2) is 29.6 Å². The molecule has 0 spiro atoms. The van der Waals surface area contributed by atoms with E-state index in [0.717, 1.165) is 11.3 Å². The summed E-state index contributed by atoms with van der Waals surface area (Å²) in [6.45, 7) is 1.92. The van der Waals surface area contributed by atoms with E-state index >= 15 is 0 Å². The molecule has 4 nitrogen and oxygen atoms in total. The third-order valence-electron chi connectivity index (χ3n) is 2.54. The molecule has 0 atom stereocenters. The van der Waals surface area contributed by atoms with E-state index in [1.807, 2.05) is 13.0 Å². The maximum absolute atomic E-state index is 12.0. The molecule has 0 aliphatic carbocycles. The number of aryl methyl sites for hydroxylation is 1. The van der Waals surface area contributed by atoms with Gasteiger partial charge in [-0.2, -0.15) is 0 Å². The van der Waals surface area contributed by atoms with Gasteiger partial charge in [0.05, 0.1) is 12.0 Å². The van der Waals surface area contributed by atoms with Crippen molar-refractivity contribution in [2.75, 3.05) is 18.2 Å². The Morgan fingerprint density at radius 1 is 1.39 bits per heavy atom. The highest BCUT2D eigenvalue weighted by molar-refractivity contribution is 7.12. The number of ether oxygens (including phenoxy) is 1. The Kier molecular flexibility index (Phi) is 3.53. The molecular formula is C13H14N2O2S. The van der Waals surface area contributed by atoms with Gasteiger partial charge in [-0.25, -0.2) is 0 Å². The van der Waals surface area contributed by atoms with Gasteiger partial charge in [0.25, 0.3) is 5.91 Å². The van der Waals surface area contributed by atoms with Crippen molar-refractivity contribution in [3.63, 3.8) is 0 Å². The van der Waals surface area contributed by atoms with E-state index in [4.69, 9.17) is 10.5 Å². The van der Waals surface area contributed by atoms with Crippen LogP contribution in [0.2, 0.25) is 0 Å².